The highest BCUT2D eigenvalue weighted by Crippen LogP contribution is 2.36. The number of rotatable bonds is 1. The van der Waals surface area contributed by atoms with Gasteiger partial charge in [0.1, 0.15) is 0 Å². The number of nitrogens with two attached hydrogens (primary N) is 1. The van der Waals surface area contributed by atoms with E-state index in [1.807, 2.05) is 6.07 Å². The van der Waals surface area contributed by atoms with Crippen molar-refractivity contribution in [3.63, 3.8) is 0 Å². The smallest absolute Gasteiger partial charge is 0.229 e. The number of nitrogens with zero attached hydrogens (tertiary/aromatic N) is 1. The van der Waals surface area contributed by atoms with Crippen molar-refractivity contribution in [2.45, 2.75) is 11.3 Å². The van der Waals surface area contributed by atoms with Gasteiger partial charge in [0.2, 0.25) is 5.88 Å². The maximum atomic E-state index is 11.8. The minimum absolute atomic E-state index is 0.157. The highest BCUT2D eigenvalue weighted by molar-refractivity contribution is 7.91. The fourth-order valence-electron chi connectivity index (χ4n) is 2.16. The lowest BCUT2D eigenvalue weighted by atomic mass is 10.0. The number of anilines is 1. The molecule has 1 aliphatic heterocycles. The lowest BCUT2D eigenvalue weighted by Gasteiger charge is -2.04. The third-order valence-electron chi connectivity index (χ3n) is 2.98. The van der Waals surface area contributed by atoms with Crippen LogP contribution in [0.4, 0.5) is 5.88 Å². The molecule has 0 bridgehead atoms. The Balaban J connectivity index is 2.29. The van der Waals surface area contributed by atoms with E-state index >= 15 is 0 Å². The molecule has 17 heavy (non-hydrogen) atoms. The van der Waals surface area contributed by atoms with Crippen molar-refractivity contribution < 1.29 is 12.9 Å². The van der Waals surface area contributed by atoms with Crippen LogP contribution in [0.5, 0.6) is 0 Å². The summed E-state index contributed by atoms with van der Waals surface area (Å²) in [6.07, 6.45) is 2.02. The fraction of sp³-hybridized carbons (Fsp3) is 0.182. The molecule has 2 aromatic rings. The molecule has 0 spiro atoms. The molecule has 0 atom stereocenters. The van der Waals surface area contributed by atoms with Crippen LogP contribution in [0.3, 0.4) is 0 Å². The number of sulfone groups is 1. The first-order valence-electron chi connectivity index (χ1n) is 5.15. The second-order valence-electron chi connectivity index (χ2n) is 3.95. The molecule has 0 unspecified atom stereocenters. The van der Waals surface area contributed by atoms with Crippen LogP contribution in [0.2, 0.25) is 0 Å². The molecule has 2 N–H and O–H groups in total. The number of hydrogen-bond acceptors (Lipinski definition) is 5. The summed E-state index contributed by atoms with van der Waals surface area (Å²) in [6, 6.07) is 5.18. The monoisotopic (exact) mass is 250 g/mol. The van der Waals surface area contributed by atoms with Crippen molar-refractivity contribution in [3.05, 3.63) is 30.0 Å². The van der Waals surface area contributed by atoms with E-state index in [0.29, 0.717) is 16.9 Å². The third-order valence-corrected chi connectivity index (χ3v) is 4.77. The Hall–Kier alpha value is -1.82. The van der Waals surface area contributed by atoms with Crippen LogP contribution in [0.15, 0.2) is 33.8 Å². The highest BCUT2D eigenvalue weighted by atomic mass is 32.2. The molecule has 1 aliphatic rings. The molecule has 1 aromatic heterocycles. The molecular formula is C11H10N2O3S. The van der Waals surface area contributed by atoms with Crippen LogP contribution in [-0.2, 0) is 16.3 Å². The number of nitrogen functional groups attached to an aromatic ring is 1. The van der Waals surface area contributed by atoms with Gasteiger partial charge < -0.3 is 10.3 Å². The van der Waals surface area contributed by atoms with Crippen LogP contribution < -0.4 is 5.73 Å². The van der Waals surface area contributed by atoms with Gasteiger partial charge >= 0.3 is 0 Å². The SMILES string of the molecule is Nc1oncc1-c1cccc2c1CCS2(=O)=O. The third kappa shape index (κ3) is 1.44. The summed E-state index contributed by atoms with van der Waals surface area (Å²) in [4.78, 5) is 0.399. The Morgan fingerprint density at radius 2 is 2.12 bits per heavy atom. The first-order chi connectivity index (χ1) is 8.09. The van der Waals surface area contributed by atoms with Crippen molar-refractivity contribution in [1.29, 1.82) is 0 Å². The van der Waals surface area contributed by atoms with Gasteiger partial charge in [-0.15, -0.1) is 0 Å². The first kappa shape index (κ1) is 10.3. The summed E-state index contributed by atoms with van der Waals surface area (Å²) in [5.41, 5.74) is 7.91. The Morgan fingerprint density at radius 3 is 2.82 bits per heavy atom. The average molecular weight is 250 g/mol. The van der Waals surface area contributed by atoms with Crippen LogP contribution >= 0.6 is 0 Å². The largest absolute Gasteiger partial charge is 0.367 e. The maximum absolute atomic E-state index is 11.8. The average Bonchev–Trinajstić information content (AvgIpc) is 2.84. The molecule has 88 valence electrons. The molecule has 0 amide bonds. The maximum Gasteiger partial charge on any atom is 0.229 e. The van der Waals surface area contributed by atoms with Crippen LogP contribution in [-0.4, -0.2) is 19.3 Å². The molecule has 0 saturated heterocycles. The minimum atomic E-state index is -3.12. The summed E-state index contributed by atoms with van der Waals surface area (Å²) in [5.74, 6) is 0.368. The van der Waals surface area contributed by atoms with Crippen molar-refractivity contribution >= 4 is 15.7 Å². The van der Waals surface area contributed by atoms with Gasteiger partial charge in [-0.3, -0.25) is 0 Å². The molecule has 0 fully saturated rings. The van der Waals surface area contributed by atoms with Crippen LogP contribution in [0.25, 0.3) is 11.1 Å². The number of benzene rings is 1. The van der Waals surface area contributed by atoms with Gasteiger partial charge in [0, 0.05) is 0 Å². The Labute approximate surface area is 98.1 Å². The first-order valence-corrected chi connectivity index (χ1v) is 6.80. The van der Waals surface area contributed by atoms with Gasteiger partial charge in [0.15, 0.2) is 9.84 Å². The molecule has 3 rings (SSSR count). The quantitative estimate of drug-likeness (QED) is 0.823. The van der Waals surface area contributed by atoms with E-state index in [0.717, 1.165) is 11.1 Å². The second-order valence-corrected chi connectivity index (χ2v) is 6.03. The molecule has 2 heterocycles. The highest BCUT2D eigenvalue weighted by Gasteiger charge is 2.29. The molecule has 6 heteroatoms. The van der Waals surface area contributed by atoms with Gasteiger partial charge in [-0.25, -0.2) is 8.42 Å². The predicted octanol–water partition coefficient (Wildman–Crippen LogP) is 1.25. The second kappa shape index (κ2) is 3.33. The van der Waals surface area contributed by atoms with Crippen LogP contribution in [0, 0.1) is 0 Å². The summed E-state index contributed by atoms with van der Waals surface area (Å²) in [7, 11) is -3.12. The molecule has 0 radical (unpaired) electrons. The van der Waals surface area contributed by atoms with Gasteiger partial charge in [0.25, 0.3) is 0 Å². The van der Waals surface area contributed by atoms with E-state index in [1.54, 1.807) is 12.1 Å². The number of hydrogen-bond donors (Lipinski definition) is 1. The summed E-state index contributed by atoms with van der Waals surface area (Å²) < 4.78 is 28.4. The Kier molecular flexibility index (Phi) is 2.03. The Bertz CT molecular complexity index is 688. The fourth-order valence-corrected chi connectivity index (χ4v) is 3.73. The van der Waals surface area contributed by atoms with Crippen molar-refractivity contribution in [2.24, 2.45) is 0 Å². The van der Waals surface area contributed by atoms with Gasteiger partial charge in [-0.05, 0) is 23.6 Å². The van der Waals surface area contributed by atoms with E-state index in [2.05, 4.69) is 5.16 Å². The van der Waals surface area contributed by atoms with E-state index in [4.69, 9.17) is 10.3 Å². The standard InChI is InChI=1S/C11H10N2O3S/c12-11-9(6-13-16-11)7-2-1-3-10-8(7)4-5-17(10,14)15/h1-3,6H,4-5,12H2. The van der Waals surface area contributed by atoms with E-state index in [-0.39, 0.29) is 11.6 Å². The summed E-state index contributed by atoms with van der Waals surface area (Å²) in [6.45, 7) is 0. The zero-order chi connectivity index (χ0) is 12.0. The lowest BCUT2D eigenvalue weighted by Crippen LogP contribution is -1.98. The Morgan fingerprint density at radius 1 is 1.29 bits per heavy atom. The zero-order valence-electron chi connectivity index (χ0n) is 8.88. The summed E-state index contributed by atoms with van der Waals surface area (Å²) >= 11 is 0. The molecule has 5 nitrogen and oxygen atoms in total. The topological polar surface area (TPSA) is 86.2 Å². The van der Waals surface area contributed by atoms with Crippen molar-refractivity contribution in [1.82, 2.24) is 5.16 Å². The zero-order valence-corrected chi connectivity index (χ0v) is 9.70. The van der Waals surface area contributed by atoms with Crippen LogP contribution in [0.1, 0.15) is 5.56 Å². The van der Waals surface area contributed by atoms with Gasteiger partial charge in [-0.2, -0.15) is 0 Å². The van der Waals surface area contributed by atoms with Gasteiger partial charge in [-0.1, -0.05) is 17.3 Å². The molecule has 0 saturated carbocycles. The molecule has 0 aliphatic carbocycles. The van der Waals surface area contributed by atoms with E-state index < -0.39 is 9.84 Å². The van der Waals surface area contributed by atoms with E-state index in [1.165, 1.54) is 6.20 Å². The molecule has 1 aromatic carbocycles. The number of fused-ring (bicyclic) bond motifs is 1. The normalized spacial score (nSPS) is 16.9. The lowest BCUT2D eigenvalue weighted by molar-refractivity contribution is 0.436. The minimum Gasteiger partial charge on any atom is -0.367 e. The van der Waals surface area contributed by atoms with Crippen molar-refractivity contribution in [3.8, 4) is 11.1 Å². The van der Waals surface area contributed by atoms with Gasteiger partial charge in [0.05, 0.1) is 22.4 Å². The summed E-state index contributed by atoms with van der Waals surface area (Å²) in [5, 5.41) is 3.61. The molecular weight excluding hydrogens is 240 g/mol. The predicted molar refractivity (Wildman–Crippen MR) is 62.1 cm³/mol. The van der Waals surface area contributed by atoms with E-state index in [9.17, 15) is 8.42 Å². The number of aromatic nitrogens is 1. The van der Waals surface area contributed by atoms with Crippen molar-refractivity contribution in [2.75, 3.05) is 11.5 Å².